The minimum atomic E-state index is -1.43. The van der Waals surface area contributed by atoms with E-state index in [2.05, 4.69) is 0 Å². The average Bonchev–Trinajstić information content (AvgIpc) is 2.35. The lowest BCUT2D eigenvalue weighted by Crippen LogP contribution is -2.65. The fourth-order valence-electron chi connectivity index (χ4n) is 1.96. The third-order valence-electron chi connectivity index (χ3n) is 3.21. The molecule has 0 unspecified atom stereocenters. The molecular formula is C10H20N4O5. The van der Waals surface area contributed by atoms with E-state index in [1.54, 1.807) is 0 Å². The highest BCUT2D eigenvalue weighted by molar-refractivity contribution is 5.84. The molecule has 1 fully saturated rings. The summed E-state index contributed by atoms with van der Waals surface area (Å²) in [5, 5.41) is 45.1. The highest BCUT2D eigenvalue weighted by atomic mass is 16.4. The number of piperidine rings is 1. The Balaban J connectivity index is 2.79. The maximum atomic E-state index is 12.0. The summed E-state index contributed by atoms with van der Waals surface area (Å²) in [5.74, 6) is -0.811. The first-order chi connectivity index (χ1) is 8.79. The monoisotopic (exact) mass is 276 g/mol. The second-order valence-electron chi connectivity index (χ2n) is 4.59. The van der Waals surface area contributed by atoms with E-state index < -0.39 is 36.9 Å². The summed E-state index contributed by atoms with van der Waals surface area (Å²) >= 11 is 0. The molecule has 0 spiro atoms. The summed E-state index contributed by atoms with van der Waals surface area (Å²) < 4.78 is 0. The summed E-state index contributed by atoms with van der Waals surface area (Å²) in [4.78, 5) is 14.3. The van der Waals surface area contributed by atoms with Crippen LogP contribution < -0.4 is 5.73 Å². The predicted molar refractivity (Wildman–Crippen MR) is 65.2 cm³/mol. The van der Waals surface area contributed by atoms with Crippen LogP contribution in [0.15, 0.2) is 0 Å². The van der Waals surface area contributed by atoms with Crippen LogP contribution in [-0.2, 0) is 4.79 Å². The Morgan fingerprint density at radius 3 is 2.47 bits per heavy atom. The summed E-state index contributed by atoms with van der Waals surface area (Å²) in [6.45, 7) is -0.962. The van der Waals surface area contributed by atoms with Crippen molar-refractivity contribution in [3.05, 3.63) is 0 Å². The molecule has 0 radical (unpaired) electrons. The zero-order valence-electron chi connectivity index (χ0n) is 10.6. The van der Waals surface area contributed by atoms with E-state index >= 15 is 0 Å². The number of carbonyl (C=O) groups excluding carboxylic acids is 1. The van der Waals surface area contributed by atoms with E-state index in [0.717, 1.165) is 4.90 Å². The topological polar surface area (TPSA) is 154 Å². The minimum absolute atomic E-state index is 0.200. The number of carbonyl (C=O) groups is 1. The third-order valence-corrected chi connectivity index (χ3v) is 3.21. The summed E-state index contributed by atoms with van der Waals surface area (Å²) in [6.07, 6.45) is -4.13. The van der Waals surface area contributed by atoms with Crippen LogP contribution in [0, 0.1) is 5.41 Å². The smallest absolute Gasteiger partial charge is 0.242 e. The number of rotatable bonds is 3. The molecule has 4 atom stereocenters. The van der Waals surface area contributed by atoms with Crippen molar-refractivity contribution in [1.82, 2.24) is 9.80 Å². The molecule has 0 aliphatic carbocycles. The molecule has 1 rings (SSSR count). The van der Waals surface area contributed by atoms with Gasteiger partial charge in [0, 0.05) is 13.6 Å². The summed E-state index contributed by atoms with van der Waals surface area (Å²) in [7, 11) is 1.44. The fraction of sp³-hybridized carbons (Fsp3) is 0.800. The lowest BCUT2D eigenvalue weighted by Gasteiger charge is -2.43. The van der Waals surface area contributed by atoms with Gasteiger partial charge in [0.15, 0.2) is 5.96 Å². The molecule has 0 aromatic carbocycles. The molecule has 1 saturated heterocycles. The number of nitrogens with two attached hydrogens (primary N) is 1. The van der Waals surface area contributed by atoms with Gasteiger partial charge in [-0.25, -0.2) is 0 Å². The molecule has 0 aromatic rings. The van der Waals surface area contributed by atoms with Crippen molar-refractivity contribution in [2.45, 2.75) is 24.4 Å². The number of likely N-dealkylation sites (tertiary alicyclic amines) is 1. The number of β-amino-alcohol motifs (C(OH)–C–C–N with tert-alkyl or cyclic N) is 1. The van der Waals surface area contributed by atoms with E-state index in [-0.39, 0.29) is 19.0 Å². The standard InChI is InChI=1S/C10H20N4O5/c1-13(10(11)12)3-7(17)14-2-6(16)9(19)8(18)5(14)4-15/h5-6,8-9,15-16,18-19H,2-4H2,1H3,(H3,11,12)/t5-,6-,8-,9-/m1/s1. The summed E-state index contributed by atoms with van der Waals surface area (Å²) in [5.41, 5.74) is 5.21. The molecule has 1 aliphatic heterocycles. The second-order valence-corrected chi connectivity index (χ2v) is 4.59. The quantitative estimate of drug-likeness (QED) is 0.227. The zero-order chi connectivity index (χ0) is 14.7. The van der Waals surface area contributed by atoms with Crippen molar-refractivity contribution >= 4 is 11.9 Å². The number of aliphatic hydroxyl groups excluding tert-OH is 4. The molecular weight excluding hydrogens is 256 g/mol. The number of hydrogen-bond acceptors (Lipinski definition) is 6. The van der Waals surface area contributed by atoms with Gasteiger partial charge < -0.3 is 36.0 Å². The molecule has 1 amide bonds. The van der Waals surface area contributed by atoms with Gasteiger partial charge >= 0.3 is 0 Å². The number of aliphatic hydroxyl groups is 4. The molecule has 7 N–H and O–H groups in total. The number of likely N-dealkylation sites (N-methyl/N-ethyl adjacent to an activating group) is 1. The first kappa shape index (κ1) is 15.6. The number of guanidine groups is 1. The molecule has 9 nitrogen and oxygen atoms in total. The largest absolute Gasteiger partial charge is 0.394 e. The highest BCUT2D eigenvalue weighted by Crippen LogP contribution is 2.19. The van der Waals surface area contributed by atoms with Crippen LogP contribution in [0.2, 0.25) is 0 Å². The molecule has 110 valence electrons. The maximum absolute atomic E-state index is 12.0. The van der Waals surface area contributed by atoms with Crippen LogP contribution >= 0.6 is 0 Å². The van der Waals surface area contributed by atoms with Gasteiger partial charge in [0.2, 0.25) is 5.91 Å². The van der Waals surface area contributed by atoms with Crippen molar-refractivity contribution in [3.8, 4) is 0 Å². The van der Waals surface area contributed by atoms with E-state index in [4.69, 9.17) is 11.1 Å². The summed E-state index contributed by atoms with van der Waals surface area (Å²) in [6, 6.07) is -0.994. The molecule has 1 aliphatic rings. The normalized spacial score (nSPS) is 31.1. The Morgan fingerprint density at radius 1 is 1.42 bits per heavy atom. The third kappa shape index (κ3) is 3.32. The molecule has 1 heterocycles. The van der Waals surface area contributed by atoms with Crippen molar-refractivity contribution in [1.29, 1.82) is 5.41 Å². The Morgan fingerprint density at radius 2 is 2.00 bits per heavy atom. The SMILES string of the molecule is CN(CC(=O)N1C[C@@H](O)[C@@H](O)[C@H](O)[C@H]1CO)C(=N)N. The predicted octanol–water partition coefficient (Wildman–Crippen LogP) is -3.90. The molecule has 9 heteroatoms. The Kier molecular flexibility index (Phi) is 5.06. The Labute approximate surface area is 110 Å². The number of nitrogens with zero attached hydrogens (tertiary/aromatic N) is 2. The first-order valence-electron chi connectivity index (χ1n) is 5.79. The van der Waals surface area contributed by atoms with Crippen molar-refractivity contribution in [2.24, 2.45) is 5.73 Å². The molecule has 19 heavy (non-hydrogen) atoms. The van der Waals surface area contributed by atoms with Gasteiger partial charge in [-0.3, -0.25) is 10.2 Å². The van der Waals surface area contributed by atoms with Gasteiger partial charge in [0.1, 0.15) is 18.3 Å². The number of hydrogen-bond donors (Lipinski definition) is 6. The van der Waals surface area contributed by atoms with Crippen LogP contribution in [0.3, 0.4) is 0 Å². The Bertz CT molecular complexity index is 353. The zero-order valence-corrected chi connectivity index (χ0v) is 10.6. The van der Waals surface area contributed by atoms with E-state index in [9.17, 15) is 25.2 Å². The van der Waals surface area contributed by atoms with Crippen LogP contribution in [0.25, 0.3) is 0 Å². The van der Waals surface area contributed by atoms with Gasteiger partial charge in [0.05, 0.1) is 19.2 Å². The number of amides is 1. The average molecular weight is 276 g/mol. The van der Waals surface area contributed by atoms with Gasteiger partial charge in [-0.1, -0.05) is 0 Å². The molecule has 0 bridgehead atoms. The van der Waals surface area contributed by atoms with E-state index in [1.165, 1.54) is 11.9 Å². The lowest BCUT2D eigenvalue weighted by molar-refractivity contribution is -0.166. The molecule has 0 aromatic heterocycles. The molecule has 0 saturated carbocycles. The Hall–Kier alpha value is -1.42. The minimum Gasteiger partial charge on any atom is -0.394 e. The van der Waals surface area contributed by atoms with Crippen molar-refractivity contribution in [3.63, 3.8) is 0 Å². The van der Waals surface area contributed by atoms with Gasteiger partial charge in [-0.05, 0) is 0 Å². The van der Waals surface area contributed by atoms with Gasteiger partial charge in [0.25, 0.3) is 0 Å². The van der Waals surface area contributed by atoms with Crippen LogP contribution in [-0.4, -0.2) is 93.2 Å². The van der Waals surface area contributed by atoms with Gasteiger partial charge in [-0.15, -0.1) is 0 Å². The maximum Gasteiger partial charge on any atom is 0.242 e. The van der Waals surface area contributed by atoms with Crippen LogP contribution in [0.4, 0.5) is 0 Å². The highest BCUT2D eigenvalue weighted by Gasteiger charge is 2.43. The van der Waals surface area contributed by atoms with Crippen LogP contribution in [0.5, 0.6) is 0 Å². The lowest BCUT2D eigenvalue weighted by atomic mass is 9.94. The van der Waals surface area contributed by atoms with Crippen molar-refractivity contribution in [2.75, 3.05) is 26.7 Å². The second kappa shape index (κ2) is 6.15. The van der Waals surface area contributed by atoms with Gasteiger partial charge in [-0.2, -0.15) is 0 Å². The van der Waals surface area contributed by atoms with E-state index in [1.807, 2.05) is 0 Å². The van der Waals surface area contributed by atoms with Crippen LogP contribution in [0.1, 0.15) is 0 Å². The first-order valence-corrected chi connectivity index (χ1v) is 5.79. The fourth-order valence-corrected chi connectivity index (χ4v) is 1.96. The van der Waals surface area contributed by atoms with E-state index in [0.29, 0.717) is 0 Å². The number of nitrogens with one attached hydrogen (secondary N) is 1. The van der Waals surface area contributed by atoms with Crippen molar-refractivity contribution < 1.29 is 25.2 Å².